The summed E-state index contributed by atoms with van der Waals surface area (Å²) in [6.45, 7) is 10.4. The van der Waals surface area contributed by atoms with Gasteiger partial charge in [-0.2, -0.15) is 11.8 Å². The first kappa shape index (κ1) is 16.6. The van der Waals surface area contributed by atoms with Crippen molar-refractivity contribution < 1.29 is 4.74 Å². The molecule has 0 bridgehead atoms. The molecule has 0 aromatic rings. The fraction of sp³-hybridized carbons (Fsp3) is 0.929. The van der Waals surface area contributed by atoms with E-state index in [1.54, 1.807) is 0 Å². The van der Waals surface area contributed by atoms with Crippen molar-refractivity contribution in [1.29, 1.82) is 0 Å². The van der Waals surface area contributed by atoms with Gasteiger partial charge in [0.25, 0.3) is 0 Å². The van der Waals surface area contributed by atoms with E-state index in [-0.39, 0.29) is 0 Å². The molecule has 1 fully saturated rings. The highest BCUT2D eigenvalue weighted by Gasteiger charge is 2.21. The van der Waals surface area contributed by atoms with Gasteiger partial charge in [-0.05, 0) is 26.7 Å². The molecule has 0 amide bonds. The summed E-state index contributed by atoms with van der Waals surface area (Å²) in [7, 11) is 1.87. The number of nitrogens with zero attached hydrogens (tertiary/aromatic N) is 2. The van der Waals surface area contributed by atoms with E-state index in [1.807, 2.05) is 7.05 Å². The standard InChI is InChI=1S/C14H29N3OS/c1-5-13-11-17(8-10-19-13)14(15-4)16-7-6-9-18-12(2)3/h12-13H,5-11H2,1-4H3,(H,15,16). The van der Waals surface area contributed by atoms with Crippen LogP contribution in [0.15, 0.2) is 4.99 Å². The van der Waals surface area contributed by atoms with Gasteiger partial charge in [-0.1, -0.05) is 6.92 Å². The molecule has 1 unspecified atom stereocenters. The molecular formula is C14H29N3OS. The Morgan fingerprint density at radius 2 is 2.32 bits per heavy atom. The average molecular weight is 287 g/mol. The number of ether oxygens (including phenoxy) is 1. The zero-order valence-corrected chi connectivity index (χ0v) is 13.6. The molecule has 19 heavy (non-hydrogen) atoms. The third-order valence-corrected chi connectivity index (χ3v) is 4.53. The minimum absolute atomic E-state index is 0.323. The molecular weight excluding hydrogens is 258 g/mol. The lowest BCUT2D eigenvalue weighted by Crippen LogP contribution is -2.48. The van der Waals surface area contributed by atoms with Crippen LogP contribution < -0.4 is 5.32 Å². The quantitative estimate of drug-likeness (QED) is 0.462. The van der Waals surface area contributed by atoms with E-state index in [1.165, 1.54) is 12.2 Å². The van der Waals surface area contributed by atoms with Gasteiger partial charge in [0, 0.05) is 44.3 Å². The molecule has 1 aliphatic heterocycles. The number of rotatable bonds is 6. The Morgan fingerprint density at radius 3 is 2.95 bits per heavy atom. The van der Waals surface area contributed by atoms with Crippen LogP contribution in [0.2, 0.25) is 0 Å². The van der Waals surface area contributed by atoms with Crippen molar-refractivity contribution in [3.05, 3.63) is 0 Å². The molecule has 0 radical (unpaired) electrons. The molecule has 1 aliphatic rings. The highest BCUT2D eigenvalue weighted by atomic mass is 32.2. The van der Waals surface area contributed by atoms with Gasteiger partial charge in [-0.15, -0.1) is 0 Å². The molecule has 1 atom stereocenters. The van der Waals surface area contributed by atoms with Crippen LogP contribution in [-0.4, -0.2) is 61.3 Å². The van der Waals surface area contributed by atoms with Crippen LogP contribution in [0.25, 0.3) is 0 Å². The monoisotopic (exact) mass is 287 g/mol. The molecule has 0 saturated carbocycles. The Balaban J connectivity index is 2.25. The molecule has 0 spiro atoms. The Labute approximate surface area is 122 Å². The highest BCUT2D eigenvalue weighted by molar-refractivity contribution is 8.00. The minimum Gasteiger partial charge on any atom is -0.379 e. The zero-order valence-electron chi connectivity index (χ0n) is 12.8. The summed E-state index contributed by atoms with van der Waals surface area (Å²) >= 11 is 2.09. The third kappa shape index (κ3) is 6.52. The first-order chi connectivity index (χ1) is 9.17. The second-order valence-corrected chi connectivity index (χ2v) is 6.50. The molecule has 1 N–H and O–H groups in total. The summed E-state index contributed by atoms with van der Waals surface area (Å²) in [5, 5.41) is 4.19. The van der Waals surface area contributed by atoms with E-state index in [4.69, 9.17) is 4.74 Å². The predicted molar refractivity (Wildman–Crippen MR) is 85.2 cm³/mol. The van der Waals surface area contributed by atoms with Gasteiger partial charge in [0.1, 0.15) is 0 Å². The van der Waals surface area contributed by atoms with E-state index in [9.17, 15) is 0 Å². The van der Waals surface area contributed by atoms with E-state index >= 15 is 0 Å². The number of aliphatic imine (C=N–C) groups is 1. The molecule has 0 aliphatic carbocycles. The van der Waals surface area contributed by atoms with E-state index in [0.29, 0.717) is 6.10 Å². The lowest BCUT2D eigenvalue weighted by atomic mass is 10.3. The summed E-state index contributed by atoms with van der Waals surface area (Å²) in [4.78, 5) is 6.78. The molecule has 0 aromatic heterocycles. The van der Waals surface area contributed by atoms with Gasteiger partial charge in [-0.3, -0.25) is 4.99 Å². The highest BCUT2D eigenvalue weighted by Crippen LogP contribution is 2.20. The maximum Gasteiger partial charge on any atom is 0.193 e. The van der Waals surface area contributed by atoms with Gasteiger partial charge >= 0.3 is 0 Å². The van der Waals surface area contributed by atoms with Crippen LogP contribution >= 0.6 is 11.8 Å². The molecule has 5 heteroatoms. The summed E-state index contributed by atoms with van der Waals surface area (Å²) in [6, 6.07) is 0. The first-order valence-electron chi connectivity index (χ1n) is 7.36. The van der Waals surface area contributed by atoms with Gasteiger partial charge in [0.05, 0.1) is 6.10 Å². The van der Waals surface area contributed by atoms with Crippen molar-refractivity contribution in [2.75, 3.05) is 39.0 Å². The Morgan fingerprint density at radius 1 is 1.53 bits per heavy atom. The second kappa shape index (κ2) is 9.48. The minimum atomic E-state index is 0.323. The maximum atomic E-state index is 5.54. The molecule has 0 aromatic carbocycles. The van der Waals surface area contributed by atoms with Crippen LogP contribution in [0, 0.1) is 0 Å². The Hall–Kier alpha value is -0.420. The SMILES string of the molecule is CCC1CN(C(=NC)NCCCOC(C)C)CCS1. The fourth-order valence-electron chi connectivity index (χ4n) is 2.08. The summed E-state index contributed by atoms with van der Waals surface area (Å²) in [5.41, 5.74) is 0. The first-order valence-corrected chi connectivity index (χ1v) is 8.41. The molecule has 1 heterocycles. The van der Waals surface area contributed by atoms with Crippen LogP contribution in [-0.2, 0) is 4.74 Å². The Kier molecular flexibility index (Phi) is 8.30. The van der Waals surface area contributed by atoms with Gasteiger partial charge in [0.15, 0.2) is 5.96 Å². The average Bonchev–Trinajstić information content (AvgIpc) is 2.42. The third-order valence-electron chi connectivity index (χ3n) is 3.16. The molecule has 1 saturated heterocycles. The van der Waals surface area contributed by atoms with Crippen LogP contribution in [0.5, 0.6) is 0 Å². The number of thioether (sulfide) groups is 1. The second-order valence-electron chi connectivity index (χ2n) is 5.09. The van der Waals surface area contributed by atoms with Crippen molar-refractivity contribution >= 4 is 17.7 Å². The fourth-order valence-corrected chi connectivity index (χ4v) is 3.26. The number of guanidine groups is 1. The van der Waals surface area contributed by atoms with Gasteiger partial charge < -0.3 is 15.0 Å². The van der Waals surface area contributed by atoms with Crippen molar-refractivity contribution in [2.45, 2.75) is 45.0 Å². The van der Waals surface area contributed by atoms with Crippen molar-refractivity contribution in [3.8, 4) is 0 Å². The molecule has 112 valence electrons. The molecule has 1 rings (SSSR count). The summed E-state index contributed by atoms with van der Waals surface area (Å²) in [6.07, 6.45) is 2.58. The molecule has 4 nitrogen and oxygen atoms in total. The smallest absolute Gasteiger partial charge is 0.193 e. The van der Waals surface area contributed by atoms with Crippen LogP contribution in [0.1, 0.15) is 33.6 Å². The number of hydrogen-bond acceptors (Lipinski definition) is 3. The Bertz CT molecular complexity index is 271. The maximum absolute atomic E-state index is 5.54. The van der Waals surface area contributed by atoms with Crippen LogP contribution in [0.3, 0.4) is 0 Å². The predicted octanol–water partition coefficient (Wildman–Crippen LogP) is 2.20. The van der Waals surface area contributed by atoms with Crippen LogP contribution in [0.4, 0.5) is 0 Å². The van der Waals surface area contributed by atoms with E-state index in [0.717, 1.165) is 43.9 Å². The van der Waals surface area contributed by atoms with E-state index in [2.05, 4.69) is 47.7 Å². The van der Waals surface area contributed by atoms with Crippen molar-refractivity contribution in [2.24, 2.45) is 4.99 Å². The zero-order chi connectivity index (χ0) is 14.1. The summed E-state index contributed by atoms with van der Waals surface area (Å²) in [5.74, 6) is 2.25. The number of hydrogen-bond donors (Lipinski definition) is 1. The van der Waals surface area contributed by atoms with Gasteiger partial charge in [0.2, 0.25) is 0 Å². The summed E-state index contributed by atoms with van der Waals surface area (Å²) < 4.78 is 5.54. The lowest BCUT2D eigenvalue weighted by Gasteiger charge is -2.34. The van der Waals surface area contributed by atoms with Crippen molar-refractivity contribution in [1.82, 2.24) is 10.2 Å². The van der Waals surface area contributed by atoms with Gasteiger partial charge in [-0.25, -0.2) is 0 Å². The topological polar surface area (TPSA) is 36.9 Å². The largest absolute Gasteiger partial charge is 0.379 e. The normalized spacial score (nSPS) is 21.0. The van der Waals surface area contributed by atoms with Crippen molar-refractivity contribution in [3.63, 3.8) is 0 Å². The number of nitrogens with one attached hydrogen (secondary N) is 1. The lowest BCUT2D eigenvalue weighted by molar-refractivity contribution is 0.0776. The van der Waals surface area contributed by atoms with E-state index < -0.39 is 0 Å².